The Labute approximate surface area is 120 Å². The molecule has 8 nitrogen and oxygen atoms in total. The number of aromatic carboxylic acids is 1. The Morgan fingerprint density at radius 2 is 2.19 bits per heavy atom. The average Bonchev–Trinajstić information content (AvgIpc) is 2.94. The fourth-order valence-electron chi connectivity index (χ4n) is 2.10. The molecule has 0 aromatic carbocycles. The first-order valence-electron chi connectivity index (χ1n) is 6.34. The van der Waals surface area contributed by atoms with E-state index in [1.54, 1.807) is 4.90 Å². The minimum absolute atomic E-state index is 0.0261. The van der Waals surface area contributed by atoms with Crippen molar-refractivity contribution >= 4 is 18.0 Å². The summed E-state index contributed by atoms with van der Waals surface area (Å²) in [6.45, 7) is 0.867. The predicted octanol–water partition coefficient (Wildman–Crippen LogP) is 0.350. The maximum Gasteiger partial charge on any atom is 0.407 e. The standard InChI is InChI=1S/C13H15N3O5/c1-21-13(20)15-9-4-5-16(7-9)11(17)10-3-2-8(6-14-10)12(18)19/h2-3,6,9H,4-5,7H2,1H3,(H,15,20)(H,18,19). The lowest BCUT2D eigenvalue weighted by Gasteiger charge is -2.16. The van der Waals surface area contributed by atoms with Crippen LogP contribution in [0.2, 0.25) is 0 Å². The number of nitrogens with one attached hydrogen (secondary N) is 1. The van der Waals surface area contributed by atoms with Crippen molar-refractivity contribution in [1.82, 2.24) is 15.2 Å². The molecule has 8 heteroatoms. The average molecular weight is 293 g/mol. The second-order valence-electron chi connectivity index (χ2n) is 4.61. The molecule has 0 bridgehead atoms. The number of pyridine rings is 1. The number of hydrogen-bond donors (Lipinski definition) is 2. The molecule has 1 aliphatic rings. The van der Waals surface area contributed by atoms with Crippen molar-refractivity contribution in [1.29, 1.82) is 0 Å². The van der Waals surface area contributed by atoms with E-state index in [1.807, 2.05) is 0 Å². The lowest BCUT2D eigenvalue weighted by Crippen LogP contribution is -2.38. The quantitative estimate of drug-likeness (QED) is 0.832. The molecule has 2 N–H and O–H groups in total. The Kier molecular flexibility index (Phi) is 4.36. The van der Waals surface area contributed by atoms with Gasteiger partial charge < -0.3 is 20.1 Å². The lowest BCUT2D eigenvalue weighted by molar-refractivity contribution is 0.0694. The van der Waals surface area contributed by atoms with E-state index in [0.717, 1.165) is 6.20 Å². The number of carboxylic acids is 1. The smallest absolute Gasteiger partial charge is 0.407 e. The van der Waals surface area contributed by atoms with Crippen LogP contribution < -0.4 is 5.32 Å². The summed E-state index contributed by atoms with van der Waals surface area (Å²) in [5.41, 5.74) is 0.205. The molecule has 1 aromatic heterocycles. The minimum atomic E-state index is -1.09. The summed E-state index contributed by atoms with van der Waals surface area (Å²) >= 11 is 0. The highest BCUT2D eigenvalue weighted by molar-refractivity contribution is 5.94. The number of carboxylic acid groups (broad SMARTS) is 1. The van der Waals surface area contributed by atoms with Gasteiger partial charge in [-0.2, -0.15) is 0 Å². The van der Waals surface area contributed by atoms with Crippen LogP contribution in [0.3, 0.4) is 0 Å². The lowest BCUT2D eigenvalue weighted by atomic mass is 10.2. The Morgan fingerprint density at radius 1 is 1.43 bits per heavy atom. The summed E-state index contributed by atoms with van der Waals surface area (Å²) < 4.78 is 4.51. The van der Waals surface area contributed by atoms with Crippen LogP contribution in [0.4, 0.5) is 4.79 Å². The van der Waals surface area contributed by atoms with E-state index in [9.17, 15) is 14.4 Å². The topological polar surface area (TPSA) is 109 Å². The number of ether oxygens (including phenoxy) is 1. The van der Waals surface area contributed by atoms with E-state index in [0.29, 0.717) is 19.5 Å². The van der Waals surface area contributed by atoms with Crippen LogP contribution in [-0.2, 0) is 4.74 Å². The summed E-state index contributed by atoms with van der Waals surface area (Å²) in [6, 6.07) is 2.56. The first-order valence-corrected chi connectivity index (χ1v) is 6.34. The highest BCUT2D eigenvalue weighted by atomic mass is 16.5. The van der Waals surface area contributed by atoms with Gasteiger partial charge in [0.2, 0.25) is 0 Å². The molecule has 1 unspecified atom stereocenters. The van der Waals surface area contributed by atoms with Crippen LogP contribution in [0.15, 0.2) is 18.3 Å². The fraction of sp³-hybridized carbons (Fsp3) is 0.385. The van der Waals surface area contributed by atoms with Gasteiger partial charge in [0.1, 0.15) is 5.69 Å². The zero-order valence-corrected chi connectivity index (χ0v) is 11.4. The van der Waals surface area contributed by atoms with Gasteiger partial charge in [-0.05, 0) is 18.6 Å². The van der Waals surface area contributed by atoms with Crippen molar-refractivity contribution < 1.29 is 24.2 Å². The van der Waals surface area contributed by atoms with E-state index in [1.165, 1.54) is 19.2 Å². The normalized spacial score (nSPS) is 17.4. The second kappa shape index (κ2) is 6.21. The van der Waals surface area contributed by atoms with Gasteiger partial charge in [-0.25, -0.2) is 9.59 Å². The third kappa shape index (κ3) is 3.47. The Bertz CT molecular complexity index is 557. The third-order valence-electron chi connectivity index (χ3n) is 3.21. The molecule has 1 aliphatic heterocycles. The molecule has 1 aromatic rings. The number of carbonyl (C=O) groups excluding carboxylic acids is 2. The van der Waals surface area contributed by atoms with E-state index in [4.69, 9.17) is 5.11 Å². The monoisotopic (exact) mass is 293 g/mol. The molecule has 2 amide bonds. The van der Waals surface area contributed by atoms with Crippen molar-refractivity contribution in [3.05, 3.63) is 29.6 Å². The largest absolute Gasteiger partial charge is 0.478 e. The van der Waals surface area contributed by atoms with Crippen molar-refractivity contribution in [2.75, 3.05) is 20.2 Å². The third-order valence-corrected chi connectivity index (χ3v) is 3.21. The van der Waals surface area contributed by atoms with Crippen LogP contribution in [-0.4, -0.2) is 59.2 Å². The molecule has 112 valence electrons. The van der Waals surface area contributed by atoms with Crippen molar-refractivity contribution in [2.45, 2.75) is 12.5 Å². The molecule has 1 atom stereocenters. The molecule has 0 radical (unpaired) electrons. The molecule has 1 fully saturated rings. The van der Waals surface area contributed by atoms with Crippen LogP contribution in [0.25, 0.3) is 0 Å². The highest BCUT2D eigenvalue weighted by Crippen LogP contribution is 2.13. The van der Waals surface area contributed by atoms with Gasteiger partial charge in [0, 0.05) is 19.3 Å². The van der Waals surface area contributed by atoms with E-state index in [2.05, 4.69) is 15.0 Å². The number of amides is 2. The molecule has 0 saturated carbocycles. The number of alkyl carbamates (subject to hydrolysis) is 1. The molecule has 0 spiro atoms. The summed E-state index contributed by atoms with van der Waals surface area (Å²) in [6.07, 6.45) is 1.25. The van der Waals surface area contributed by atoms with Gasteiger partial charge in [-0.1, -0.05) is 0 Å². The molecule has 0 aliphatic carbocycles. The first kappa shape index (κ1) is 14.8. The molecule has 1 saturated heterocycles. The molecular formula is C13H15N3O5. The number of aromatic nitrogens is 1. The van der Waals surface area contributed by atoms with Gasteiger partial charge in [-0.15, -0.1) is 0 Å². The van der Waals surface area contributed by atoms with Gasteiger partial charge in [0.25, 0.3) is 5.91 Å². The van der Waals surface area contributed by atoms with Crippen LogP contribution in [0.1, 0.15) is 27.3 Å². The summed E-state index contributed by atoms with van der Waals surface area (Å²) in [5, 5.41) is 11.4. The van der Waals surface area contributed by atoms with E-state index in [-0.39, 0.29) is 23.2 Å². The second-order valence-corrected chi connectivity index (χ2v) is 4.61. The zero-order chi connectivity index (χ0) is 15.4. The van der Waals surface area contributed by atoms with Crippen LogP contribution >= 0.6 is 0 Å². The van der Waals surface area contributed by atoms with Crippen LogP contribution in [0, 0.1) is 0 Å². The first-order chi connectivity index (χ1) is 10.0. The SMILES string of the molecule is COC(=O)NC1CCN(C(=O)c2ccc(C(=O)O)cn2)C1. The maximum absolute atomic E-state index is 12.2. The molecule has 21 heavy (non-hydrogen) atoms. The van der Waals surface area contributed by atoms with E-state index >= 15 is 0 Å². The number of rotatable bonds is 3. The minimum Gasteiger partial charge on any atom is -0.478 e. The molecule has 2 heterocycles. The number of carbonyl (C=O) groups is 3. The summed E-state index contributed by atoms with van der Waals surface area (Å²) in [7, 11) is 1.28. The maximum atomic E-state index is 12.2. The van der Waals surface area contributed by atoms with Gasteiger partial charge in [-0.3, -0.25) is 9.78 Å². The molecule has 2 rings (SSSR count). The Balaban J connectivity index is 1.98. The van der Waals surface area contributed by atoms with Crippen molar-refractivity contribution in [3.8, 4) is 0 Å². The molecular weight excluding hydrogens is 278 g/mol. The summed E-state index contributed by atoms with van der Waals surface area (Å²) in [5.74, 6) is -1.38. The fourth-order valence-corrected chi connectivity index (χ4v) is 2.10. The summed E-state index contributed by atoms with van der Waals surface area (Å²) in [4.78, 5) is 39.5. The van der Waals surface area contributed by atoms with Gasteiger partial charge >= 0.3 is 12.1 Å². The predicted molar refractivity (Wildman–Crippen MR) is 71.0 cm³/mol. The van der Waals surface area contributed by atoms with Gasteiger partial charge in [0.15, 0.2) is 0 Å². The Morgan fingerprint density at radius 3 is 2.76 bits per heavy atom. The van der Waals surface area contributed by atoms with Crippen LogP contribution in [0.5, 0.6) is 0 Å². The zero-order valence-electron chi connectivity index (χ0n) is 11.4. The van der Waals surface area contributed by atoms with Crippen molar-refractivity contribution in [3.63, 3.8) is 0 Å². The number of hydrogen-bond acceptors (Lipinski definition) is 5. The van der Waals surface area contributed by atoms with E-state index < -0.39 is 12.1 Å². The number of likely N-dealkylation sites (tertiary alicyclic amines) is 1. The Hall–Kier alpha value is -2.64. The number of nitrogens with zero attached hydrogens (tertiary/aromatic N) is 2. The van der Waals surface area contributed by atoms with Crippen molar-refractivity contribution in [2.24, 2.45) is 0 Å². The van der Waals surface area contributed by atoms with Gasteiger partial charge in [0.05, 0.1) is 18.7 Å². The highest BCUT2D eigenvalue weighted by Gasteiger charge is 2.28. The number of methoxy groups -OCH3 is 1.